The second kappa shape index (κ2) is 13.8. The molecule has 4 N–H and O–H groups in total. The Morgan fingerprint density at radius 3 is 2.00 bits per heavy atom. The summed E-state index contributed by atoms with van der Waals surface area (Å²) in [6.45, 7) is 14.1. The van der Waals surface area contributed by atoms with Gasteiger partial charge < -0.3 is 34.5 Å². The van der Waals surface area contributed by atoms with Gasteiger partial charge >= 0.3 is 5.97 Å². The summed E-state index contributed by atoms with van der Waals surface area (Å²) in [4.78, 5) is 13.6. The highest BCUT2D eigenvalue weighted by Gasteiger charge is 2.36. The smallest absolute Gasteiger partial charge is 0.306 e. The fourth-order valence-electron chi connectivity index (χ4n) is 3.65. The van der Waals surface area contributed by atoms with Crippen molar-refractivity contribution in [2.24, 2.45) is 11.8 Å². The third-order valence-corrected chi connectivity index (χ3v) is 7.35. The number of aliphatic hydroxyl groups excluding tert-OH is 4. The van der Waals surface area contributed by atoms with Crippen molar-refractivity contribution in [1.29, 1.82) is 0 Å². The Kier molecular flexibility index (Phi) is 13.5. The summed E-state index contributed by atoms with van der Waals surface area (Å²) in [6, 6.07) is 0.784. The molecule has 0 aromatic heterocycles. The zero-order chi connectivity index (χ0) is 23.6. The Morgan fingerprint density at radius 1 is 0.967 bits per heavy atom. The van der Waals surface area contributed by atoms with Gasteiger partial charge in [-0.3, -0.25) is 4.79 Å². The van der Waals surface area contributed by atoms with E-state index in [1.807, 2.05) is 38.9 Å². The van der Waals surface area contributed by atoms with Crippen molar-refractivity contribution in [2.75, 3.05) is 26.7 Å². The summed E-state index contributed by atoms with van der Waals surface area (Å²) in [6.07, 6.45) is -4.28. The lowest BCUT2D eigenvalue weighted by atomic mass is 10.1. The quantitative estimate of drug-likeness (QED) is 0.217. The Hall–Kier alpha value is -0.553. The van der Waals surface area contributed by atoms with Crippen molar-refractivity contribution < 1.29 is 34.4 Å². The second-order valence-electron chi connectivity index (χ2n) is 9.78. The molecule has 0 heterocycles. The molecular weight excluding hydrogens is 406 g/mol. The number of ether oxygens (including phenoxy) is 1. The highest BCUT2D eigenvalue weighted by atomic mass is 28.4. The molecule has 8 nitrogen and oxygen atoms in total. The zero-order valence-corrected chi connectivity index (χ0v) is 21.0. The molecule has 9 heteroatoms. The molecule has 0 aromatic carbocycles. The van der Waals surface area contributed by atoms with E-state index in [0.717, 1.165) is 12.6 Å². The minimum absolute atomic E-state index is 0.0130. The SMILES string of the molecule is CC(C)CC(=O)OCC(O)CN(C)CC(C)C[Si](C)(C)OC(C(C)O)C(O)C(C)O. The molecule has 0 spiro atoms. The molecule has 0 radical (unpaired) electrons. The van der Waals surface area contributed by atoms with Gasteiger partial charge in [-0.25, -0.2) is 0 Å². The number of carbonyl (C=O) groups is 1. The van der Waals surface area contributed by atoms with E-state index in [9.17, 15) is 25.2 Å². The molecule has 0 saturated carbocycles. The summed E-state index contributed by atoms with van der Waals surface area (Å²) in [7, 11) is -0.340. The maximum Gasteiger partial charge on any atom is 0.306 e. The molecule has 0 aliphatic heterocycles. The number of hydrogen-bond donors (Lipinski definition) is 4. The van der Waals surface area contributed by atoms with Crippen LogP contribution in [0.15, 0.2) is 0 Å². The van der Waals surface area contributed by atoms with E-state index in [1.54, 1.807) is 6.92 Å². The van der Waals surface area contributed by atoms with E-state index < -0.39 is 38.8 Å². The molecular formula is C21H45NO7Si. The molecule has 0 amide bonds. The number of rotatable bonds is 15. The van der Waals surface area contributed by atoms with Crippen LogP contribution >= 0.6 is 0 Å². The second-order valence-corrected chi connectivity index (χ2v) is 13.9. The van der Waals surface area contributed by atoms with Crippen LogP contribution in [0.2, 0.25) is 19.1 Å². The Balaban J connectivity index is 4.53. The summed E-state index contributed by atoms with van der Waals surface area (Å²) in [5, 5.41) is 39.9. The monoisotopic (exact) mass is 451 g/mol. The van der Waals surface area contributed by atoms with Crippen molar-refractivity contribution in [3.63, 3.8) is 0 Å². The Bertz CT molecular complexity index is 488. The van der Waals surface area contributed by atoms with Crippen molar-refractivity contribution in [3.8, 4) is 0 Å². The van der Waals surface area contributed by atoms with Gasteiger partial charge in [-0.15, -0.1) is 0 Å². The predicted molar refractivity (Wildman–Crippen MR) is 120 cm³/mol. The van der Waals surface area contributed by atoms with Crippen LogP contribution in [-0.2, 0) is 14.0 Å². The lowest BCUT2D eigenvalue weighted by Gasteiger charge is -2.36. The summed E-state index contributed by atoms with van der Waals surface area (Å²) in [5.74, 6) is 0.186. The minimum atomic E-state index is -2.24. The Labute approximate surface area is 183 Å². The van der Waals surface area contributed by atoms with Gasteiger partial charge in [-0.1, -0.05) is 20.8 Å². The van der Waals surface area contributed by atoms with Crippen LogP contribution < -0.4 is 0 Å². The molecule has 0 aliphatic carbocycles. The van der Waals surface area contributed by atoms with E-state index in [2.05, 4.69) is 6.92 Å². The van der Waals surface area contributed by atoms with Crippen LogP contribution in [0.4, 0.5) is 0 Å². The first-order valence-electron chi connectivity index (χ1n) is 10.9. The van der Waals surface area contributed by atoms with Gasteiger partial charge in [-0.2, -0.15) is 0 Å². The maximum absolute atomic E-state index is 11.6. The number of esters is 1. The van der Waals surface area contributed by atoms with Crippen LogP contribution in [0.25, 0.3) is 0 Å². The van der Waals surface area contributed by atoms with E-state index >= 15 is 0 Å². The topological polar surface area (TPSA) is 120 Å². The molecule has 6 unspecified atom stereocenters. The van der Waals surface area contributed by atoms with Crippen molar-refractivity contribution in [1.82, 2.24) is 4.90 Å². The highest BCUT2D eigenvalue weighted by Crippen LogP contribution is 2.23. The van der Waals surface area contributed by atoms with Crippen LogP contribution in [-0.4, -0.2) is 96.9 Å². The number of hydrogen-bond acceptors (Lipinski definition) is 8. The van der Waals surface area contributed by atoms with Gasteiger partial charge in [0.15, 0.2) is 8.32 Å². The van der Waals surface area contributed by atoms with Crippen molar-refractivity contribution in [2.45, 2.75) is 90.7 Å². The minimum Gasteiger partial charge on any atom is -0.463 e. The molecule has 0 fully saturated rings. The van der Waals surface area contributed by atoms with Gasteiger partial charge in [0.05, 0.1) is 18.3 Å². The average molecular weight is 452 g/mol. The molecule has 0 rings (SSSR count). The molecule has 0 aromatic rings. The van der Waals surface area contributed by atoms with E-state index in [0.29, 0.717) is 13.0 Å². The first-order chi connectivity index (χ1) is 13.6. The van der Waals surface area contributed by atoms with Crippen LogP contribution in [0.1, 0.15) is 41.0 Å². The van der Waals surface area contributed by atoms with Crippen molar-refractivity contribution >= 4 is 14.3 Å². The van der Waals surface area contributed by atoms with Gasteiger partial charge in [0.25, 0.3) is 0 Å². The number of carbonyl (C=O) groups excluding carboxylic acids is 1. The number of likely N-dealkylation sites (N-methyl/N-ethyl adjacent to an activating group) is 1. The number of nitrogens with zero attached hydrogens (tertiary/aromatic N) is 1. The van der Waals surface area contributed by atoms with Crippen LogP contribution in [0.3, 0.4) is 0 Å². The third-order valence-electron chi connectivity index (χ3n) is 4.76. The van der Waals surface area contributed by atoms with Crippen LogP contribution in [0.5, 0.6) is 0 Å². The fraction of sp³-hybridized carbons (Fsp3) is 0.952. The van der Waals surface area contributed by atoms with E-state index in [1.165, 1.54) is 6.92 Å². The largest absolute Gasteiger partial charge is 0.463 e. The first-order valence-corrected chi connectivity index (χ1v) is 14.0. The normalized spacial score (nSPS) is 18.7. The van der Waals surface area contributed by atoms with Gasteiger partial charge in [0, 0.05) is 19.5 Å². The number of aliphatic hydroxyl groups is 4. The fourth-order valence-corrected chi connectivity index (χ4v) is 6.63. The van der Waals surface area contributed by atoms with Gasteiger partial charge in [0.2, 0.25) is 0 Å². The summed E-state index contributed by atoms with van der Waals surface area (Å²) >= 11 is 0. The third kappa shape index (κ3) is 13.0. The molecule has 0 saturated heterocycles. The van der Waals surface area contributed by atoms with Gasteiger partial charge in [0.1, 0.15) is 18.8 Å². The molecule has 0 bridgehead atoms. The van der Waals surface area contributed by atoms with E-state index in [-0.39, 0.29) is 24.4 Å². The van der Waals surface area contributed by atoms with Crippen molar-refractivity contribution in [3.05, 3.63) is 0 Å². The molecule has 180 valence electrons. The Morgan fingerprint density at radius 2 is 1.53 bits per heavy atom. The lowest BCUT2D eigenvalue weighted by molar-refractivity contribution is -0.147. The molecule has 0 aliphatic rings. The van der Waals surface area contributed by atoms with Gasteiger partial charge in [-0.05, 0) is 51.9 Å². The maximum atomic E-state index is 11.6. The predicted octanol–water partition coefficient (Wildman–Crippen LogP) is 1.22. The average Bonchev–Trinajstić information content (AvgIpc) is 2.55. The molecule has 30 heavy (non-hydrogen) atoms. The summed E-state index contributed by atoms with van der Waals surface area (Å²) in [5.41, 5.74) is 0. The zero-order valence-electron chi connectivity index (χ0n) is 20.0. The van der Waals surface area contributed by atoms with Crippen LogP contribution in [0, 0.1) is 11.8 Å². The molecule has 6 atom stereocenters. The standard InChI is InChI=1S/C21H45NO7Si/c1-14(2)9-19(26)28-12-18(25)11-22(6)10-15(3)13-30(7,8)29-21(17(5)24)20(27)16(4)23/h14-18,20-21,23-25,27H,9-13H2,1-8H3. The van der Waals surface area contributed by atoms with E-state index in [4.69, 9.17) is 9.16 Å². The lowest BCUT2D eigenvalue weighted by Crippen LogP contribution is -2.50. The summed E-state index contributed by atoms with van der Waals surface area (Å²) < 4.78 is 11.2. The first kappa shape index (κ1) is 29.4. The highest BCUT2D eigenvalue weighted by molar-refractivity contribution is 6.71.